The van der Waals surface area contributed by atoms with Crippen molar-refractivity contribution >= 4 is 22.0 Å². The summed E-state index contributed by atoms with van der Waals surface area (Å²) < 4.78 is 38.3. The van der Waals surface area contributed by atoms with Crippen LogP contribution in [0.1, 0.15) is 53.5 Å². The van der Waals surface area contributed by atoms with E-state index in [4.69, 9.17) is 9.47 Å². The normalized spacial score (nSPS) is 22.9. The Morgan fingerprint density at radius 1 is 1.16 bits per heavy atom. The van der Waals surface area contributed by atoms with E-state index >= 15 is 0 Å². The van der Waals surface area contributed by atoms with Gasteiger partial charge in [0.15, 0.2) is 0 Å². The van der Waals surface area contributed by atoms with E-state index in [2.05, 4.69) is 0 Å². The molecule has 174 valence electrons. The number of nitrogens with zero attached hydrogens (tertiary/aromatic N) is 1. The molecule has 0 unspecified atom stereocenters. The lowest BCUT2D eigenvalue weighted by Crippen LogP contribution is -2.52. The van der Waals surface area contributed by atoms with Gasteiger partial charge in [0, 0.05) is 13.0 Å². The van der Waals surface area contributed by atoms with Crippen LogP contribution in [0.5, 0.6) is 0 Å². The average Bonchev–Trinajstić information content (AvgIpc) is 3.01. The Morgan fingerprint density at radius 2 is 1.71 bits per heavy atom. The van der Waals surface area contributed by atoms with Crippen LogP contribution in [0.3, 0.4) is 0 Å². The van der Waals surface area contributed by atoms with Crippen molar-refractivity contribution in [2.24, 2.45) is 5.41 Å². The summed E-state index contributed by atoms with van der Waals surface area (Å²) >= 11 is 0. The van der Waals surface area contributed by atoms with Gasteiger partial charge in [-0.1, -0.05) is 17.7 Å². The van der Waals surface area contributed by atoms with E-state index < -0.39 is 51.2 Å². The number of carbonyl (C=O) groups is 2. The Kier molecular flexibility index (Phi) is 6.95. The predicted octanol–water partition coefficient (Wildman–Crippen LogP) is 2.42. The molecule has 0 bridgehead atoms. The number of aryl methyl sites for hydroxylation is 1. The lowest BCUT2D eigenvalue weighted by Gasteiger charge is -2.37. The van der Waals surface area contributed by atoms with Gasteiger partial charge in [-0.3, -0.25) is 9.59 Å². The quantitative estimate of drug-likeness (QED) is 0.656. The van der Waals surface area contributed by atoms with Crippen molar-refractivity contribution in [1.82, 2.24) is 4.31 Å². The highest BCUT2D eigenvalue weighted by atomic mass is 32.2. The van der Waals surface area contributed by atoms with Gasteiger partial charge in [0.05, 0.1) is 22.5 Å². The third-order valence-corrected chi connectivity index (χ3v) is 7.42. The van der Waals surface area contributed by atoms with Crippen molar-refractivity contribution < 1.29 is 32.6 Å². The molecule has 0 amide bonds. The van der Waals surface area contributed by atoms with Crippen LogP contribution in [0.2, 0.25) is 0 Å². The van der Waals surface area contributed by atoms with E-state index in [1.807, 2.05) is 6.92 Å². The van der Waals surface area contributed by atoms with Crippen LogP contribution >= 0.6 is 0 Å². The molecular formula is C22H33NO7S. The second-order valence-electron chi connectivity index (χ2n) is 9.49. The number of esters is 2. The third kappa shape index (κ3) is 5.10. The van der Waals surface area contributed by atoms with Gasteiger partial charge in [-0.15, -0.1) is 0 Å². The topological polar surface area (TPSA) is 110 Å². The van der Waals surface area contributed by atoms with Gasteiger partial charge in [-0.2, -0.15) is 4.31 Å². The number of β-amino-alcohol motifs (C(OH)–C–C–N with tert-alkyl or cyclic N) is 1. The van der Waals surface area contributed by atoms with Crippen LogP contribution in [0.25, 0.3) is 0 Å². The Labute approximate surface area is 184 Å². The first-order valence-electron chi connectivity index (χ1n) is 10.3. The summed E-state index contributed by atoms with van der Waals surface area (Å²) in [5.41, 5.74) is -3.27. The molecule has 1 heterocycles. The molecule has 1 N–H and O–H groups in total. The van der Waals surface area contributed by atoms with Gasteiger partial charge >= 0.3 is 11.9 Å². The number of hydrogen-bond donors (Lipinski definition) is 1. The second-order valence-corrected chi connectivity index (χ2v) is 11.4. The fourth-order valence-electron chi connectivity index (χ4n) is 3.48. The number of aliphatic hydroxyl groups is 1. The lowest BCUT2D eigenvalue weighted by atomic mass is 9.73. The first-order valence-corrected chi connectivity index (χ1v) is 11.7. The number of rotatable bonds is 6. The zero-order valence-electron chi connectivity index (χ0n) is 19.3. The minimum Gasteiger partial charge on any atom is -0.465 e. The molecule has 0 spiro atoms. The molecule has 1 fully saturated rings. The first kappa shape index (κ1) is 25.3. The highest BCUT2D eigenvalue weighted by molar-refractivity contribution is 7.89. The van der Waals surface area contributed by atoms with Crippen molar-refractivity contribution in [2.75, 3.05) is 13.2 Å². The van der Waals surface area contributed by atoms with Crippen molar-refractivity contribution in [3.63, 3.8) is 0 Å². The average molecular weight is 456 g/mol. The molecular weight excluding hydrogens is 422 g/mol. The Balaban J connectivity index is 2.53. The number of ether oxygens (including phenoxy) is 2. The van der Waals surface area contributed by atoms with Crippen LogP contribution in [0.4, 0.5) is 0 Å². The van der Waals surface area contributed by atoms with Crippen LogP contribution < -0.4 is 0 Å². The van der Waals surface area contributed by atoms with Crippen molar-refractivity contribution in [3.05, 3.63) is 29.8 Å². The van der Waals surface area contributed by atoms with Gasteiger partial charge in [0.2, 0.25) is 10.0 Å². The molecule has 0 aromatic heterocycles. The summed E-state index contributed by atoms with van der Waals surface area (Å²) in [7, 11) is -4.15. The zero-order valence-corrected chi connectivity index (χ0v) is 20.1. The summed E-state index contributed by atoms with van der Waals surface area (Å²) in [4.78, 5) is 25.5. The van der Waals surface area contributed by atoms with Crippen molar-refractivity contribution in [3.8, 4) is 0 Å². The molecule has 1 aromatic rings. The smallest absolute Gasteiger partial charge is 0.325 e. The summed E-state index contributed by atoms with van der Waals surface area (Å²) in [6.45, 7) is 11.1. The molecule has 2 atom stereocenters. The number of carbonyl (C=O) groups excluding carboxylic acids is 2. The standard InChI is InChI=1S/C22H33NO7S/c1-8-29-19(25)21(6,7)22(26)13-17(18(24)30-20(3,4)5)23(14-22)31(27,28)16-11-9-15(2)10-12-16/h9-12,17,26H,8,13-14H2,1-7H3/t17-,22-/m0/s1. The fraction of sp³-hybridized carbons (Fsp3) is 0.636. The van der Waals surface area contributed by atoms with Crippen LogP contribution in [0.15, 0.2) is 29.2 Å². The zero-order chi connectivity index (χ0) is 23.8. The second kappa shape index (κ2) is 8.52. The maximum atomic E-state index is 13.4. The molecule has 31 heavy (non-hydrogen) atoms. The molecule has 0 aliphatic carbocycles. The largest absolute Gasteiger partial charge is 0.465 e. The SMILES string of the molecule is CCOC(=O)C(C)(C)[C@]1(O)C[C@@H](C(=O)OC(C)(C)C)N(S(=O)(=O)c2ccc(C)cc2)C1. The number of sulfonamides is 1. The van der Waals surface area contributed by atoms with Gasteiger partial charge < -0.3 is 14.6 Å². The molecule has 1 aliphatic heterocycles. The summed E-state index contributed by atoms with van der Waals surface area (Å²) in [5.74, 6) is -1.45. The Morgan fingerprint density at radius 3 is 2.19 bits per heavy atom. The van der Waals surface area contributed by atoms with E-state index in [0.29, 0.717) is 0 Å². The number of benzene rings is 1. The Hall–Kier alpha value is -1.97. The highest BCUT2D eigenvalue weighted by Crippen LogP contribution is 2.44. The fourth-order valence-corrected chi connectivity index (χ4v) is 5.11. The van der Waals surface area contributed by atoms with E-state index in [-0.39, 0.29) is 17.9 Å². The minimum atomic E-state index is -4.15. The van der Waals surface area contributed by atoms with Crippen LogP contribution in [-0.4, -0.2) is 60.2 Å². The summed E-state index contributed by atoms with van der Waals surface area (Å²) in [5, 5.41) is 11.4. The monoisotopic (exact) mass is 455 g/mol. The maximum Gasteiger partial charge on any atom is 0.325 e. The molecule has 0 radical (unpaired) electrons. The molecule has 0 saturated carbocycles. The molecule has 8 nitrogen and oxygen atoms in total. The molecule has 2 rings (SSSR count). The van der Waals surface area contributed by atoms with Crippen LogP contribution in [0, 0.1) is 12.3 Å². The molecule has 1 saturated heterocycles. The molecule has 1 aliphatic rings. The third-order valence-electron chi connectivity index (χ3n) is 5.55. The van der Waals surface area contributed by atoms with Crippen LogP contribution in [-0.2, 0) is 29.1 Å². The van der Waals surface area contributed by atoms with Crippen molar-refractivity contribution in [1.29, 1.82) is 0 Å². The molecule has 1 aromatic carbocycles. The van der Waals surface area contributed by atoms with E-state index in [1.54, 1.807) is 39.8 Å². The summed E-state index contributed by atoms with van der Waals surface area (Å²) in [6, 6.07) is 4.92. The van der Waals surface area contributed by atoms with Gasteiger partial charge in [-0.05, 0) is 60.6 Å². The molecule has 9 heteroatoms. The first-order chi connectivity index (χ1) is 14.0. The lowest BCUT2D eigenvalue weighted by molar-refractivity contribution is -0.170. The summed E-state index contributed by atoms with van der Waals surface area (Å²) in [6.07, 6.45) is -0.293. The van der Waals surface area contributed by atoms with Gasteiger partial charge in [0.25, 0.3) is 0 Å². The maximum absolute atomic E-state index is 13.4. The number of hydrogen-bond acceptors (Lipinski definition) is 7. The minimum absolute atomic E-state index is 0.00940. The van der Waals surface area contributed by atoms with E-state index in [9.17, 15) is 23.1 Å². The van der Waals surface area contributed by atoms with Gasteiger partial charge in [0.1, 0.15) is 11.6 Å². The Bertz CT molecular complexity index is 932. The van der Waals surface area contributed by atoms with Crippen molar-refractivity contribution in [2.45, 2.75) is 77.0 Å². The van der Waals surface area contributed by atoms with Gasteiger partial charge in [-0.25, -0.2) is 8.42 Å². The van der Waals surface area contributed by atoms with E-state index in [1.165, 1.54) is 26.0 Å². The highest BCUT2D eigenvalue weighted by Gasteiger charge is 2.60. The van der Waals surface area contributed by atoms with E-state index in [0.717, 1.165) is 9.87 Å². The predicted molar refractivity (Wildman–Crippen MR) is 115 cm³/mol.